The smallest absolute Gasteiger partial charge is 0.275 e. The van der Waals surface area contributed by atoms with Crippen molar-refractivity contribution < 1.29 is 14.8 Å². The van der Waals surface area contributed by atoms with Gasteiger partial charge in [0.2, 0.25) is 0 Å². The minimum Gasteiger partial charge on any atom is -0.493 e. The molecule has 1 aromatic rings. The molecule has 118 valence electrons. The molecule has 0 aliphatic heterocycles. The SMILES string of the molecule is CCCOc1cc(N(C)CCCCCO)cc([N+](=O)[O-])c1. The Kier molecular flexibility index (Phi) is 7.53. The lowest BCUT2D eigenvalue weighted by Crippen LogP contribution is -2.18. The quantitative estimate of drug-likeness (QED) is 0.408. The van der Waals surface area contributed by atoms with Crippen molar-refractivity contribution in [3.63, 3.8) is 0 Å². The molecule has 6 heteroatoms. The van der Waals surface area contributed by atoms with Gasteiger partial charge in [-0.25, -0.2) is 0 Å². The predicted molar refractivity (Wildman–Crippen MR) is 83.1 cm³/mol. The van der Waals surface area contributed by atoms with Gasteiger partial charge in [-0.1, -0.05) is 6.92 Å². The van der Waals surface area contributed by atoms with Gasteiger partial charge in [-0.15, -0.1) is 0 Å². The van der Waals surface area contributed by atoms with Crippen LogP contribution in [0.2, 0.25) is 0 Å². The summed E-state index contributed by atoms with van der Waals surface area (Å²) in [5.41, 5.74) is 0.820. The van der Waals surface area contributed by atoms with Crippen LogP contribution >= 0.6 is 0 Å². The number of non-ortho nitro benzene ring substituents is 1. The third kappa shape index (κ3) is 5.99. The second-order valence-corrected chi connectivity index (χ2v) is 5.00. The van der Waals surface area contributed by atoms with E-state index >= 15 is 0 Å². The number of rotatable bonds is 10. The number of aliphatic hydroxyl groups is 1. The Balaban J connectivity index is 2.78. The van der Waals surface area contributed by atoms with E-state index in [2.05, 4.69) is 0 Å². The summed E-state index contributed by atoms with van der Waals surface area (Å²) in [7, 11) is 1.90. The van der Waals surface area contributed by atoms with E-state index in [9.17, 15) is 10.1 Å². The molecule has 0 bridgehead atoms. The first-order chi connectivity index (χ1) is 10.1. The molecule has 1 rings (SSSR count). The number of unbranched alkanes of at least 4 members (excludes halogenated alkanes) is 2. The lowest BCUT2D eigenvalue weighted by atomic mass is 10.2. The van der Waals surface area contributed by atoms with E-state index in [1.807, 2.05) is 24.9 Å². The molecule has 1 aromatic carbocycles. The fraction of sp³-hybridized carbons (Fsp3) is 0.600. The average Bonchev–Trinajstić information content (AvgIpc) is 2.49. The number of nitro benzene ring substituents is 1. The van der Waals surface area contributed by atoms with Gasteiger partial charge in [0.15, 0.2) is 0 Å². The molecule has 1 N–H and O–H groups in total. The first kappa shape index (κ1) is 17.2. The first-order valence-corrected chi connectivity index (χ1v) is 7.32. The molecule has 21 heavy (non-hydrogen) atoms. The number of nitro groups is 1. The monoisotopic (exact) mass is 296 g/mol. The molecular weight excluding hydrogens is 272 g/mol. The standard InChI is InChI=1S/C15H24N2O4/c1-3-9-21-15-11-13(10-14(12-15)17(19)20)16(2)7-5-4-6-8-18/h10-12,18H,3-9H2,1-2H3. The number of hydrogen-bond acceptors (Lipinski definition) is 5. The molecule has 0 fully saturated rings. The third-order valence-corrected chi connectivity index (χ3v) is 3.15. The molecular formula is C15H24N2O4. The van der Waals surface area contributed by atoms with Gasteiger partial charge in [0.25, 0.3) is 5.69 Å². The molecule has 0 spiro atoms. The lowest BCUT2D eigenvalue weighted by molar-refractivity contribution is -0.384. The van der Waals surface area contributed by atoms with Crippen LogP contribution < -0.4 is 9.64 Å². The van der Waals surface area contributed by atoms with Crippen LogP contribution in [-0.4, -0.2) is 36.8 Å². The number of aliphatic hydroxyl groups excluding tert-OH is 1. The van der Waals surface area contributed by atoms with Crippen molar-refractivity contribution >= 4 is 11.4 Å². The summed E-state index contributed by atoms with van der Waals surface area (Å²) in [6.45, 7) is 3.52. The summed E-state index contributed by atoms with van der Waals surface area (Å²) < 4.78 is 5.52. The maximum absolute atomic E-state index is 11.0. The van der Waals surface area contributed by atoms with Gasteiger partial charge in [-0.3, -0.25) is 10.1 Å². The van der Waals surface area contributed by atoms with E-state index < -0.39 is 4.92 Å². The predicted octanol–water partition coefficient (Wildman–Crippen LogP) is 2.98. The summed E-state index contributed by atoms with van der Waals surface area (Å²) in [5.74, 6) is 0.531. The van der Waals surface area contributed by atoms with Crippen LogP contribution in [0.1, 0.15) is 32.6 Å². The van der Waals surface area contributed by atoms with Crippen LogP contribution in [0.25, 0.3) is 0 Å². The lowest BCUT2D eigenvalue weighted by Gasteiger charge is -2.20. The Morgan fingerprint density at radius 1 is 1.29 bits per heavy atom. The van der Waals surface area contributed by atoms with Crippen LogP contribution in [0.3, 0.4) is 0 Å². The molecule has 0 unspecified atom stereocenters. The minimum atomic E-state index is -0.401. The molecule has 0 aliphatic carbocycles. The van der Waals surface area contributed by atoms with Gasteiger partial charge in [0.05, 0.1) is 17.6 Å². The molecule has 0 aromatic heterocycles. The van der Waals surface area contributed by atoms with Gasteiger partial charge >= 0.3 is 0 Å². The highest BCUT2D eigenvalue weighted by atomic mass is 16.6. The van der Waals surface area contributed by atoms with Crippen molar-refractivity contribution in [3.05, 3.63) is 28.3 Å². The van der Waals surface area contributed by atoms with Gasteiger partial charge in [-0.05, 0) is 25.7 Å². The molecule has 6 nitrogen and oxygen atoms in total. The van der Waals surface area contributed by atoms with Crippen LogP contribution in [0, 0.1) is 10.1 Å². The van der Waals surface area contributed by atoms with Crippen molar-refractivity contribution in [1.29, 1.82) is 0 Å². The van der Waals surface area contributed by atoms with Gasteiger partial charge < -0.3 is 14.7 Å². The molecule has 0 radical (unpaired) electrons. The van der Waals surface area contributed by atoms with E-state index in [4.69, 9.17) is 9.84 Å². The van der Waals surface area contributed by atoms with Crippen molar-refractivity contribution in [3.8, 4) is 5.75 Å². The van der Waals surface area contributed by atoms with Crippen LogP contribution in [-0.2, 0) is 0 Å². The van der Waals surface area contributed by atoms with E-state index in [1.165, 1.54) is 6.07 Å². The number of nitrogens with zero attached hydrogens (tertiary/aromatic N) is 2. The molecule has 0 amide bonds. The zero-order valence-corrected chi connectivity index (χ0v) is 12.7. The Morgan fingerprint density at radius 2 is 2.05 bits per heavy atom. The second-order valence-electron chi connectivity index (χ2n) is 5.00. The number of benzene rings is 1. The Hall–Kier alpha value is -1.82. The zero-order valence-electron chi connectivity index (χ0n) is 12.7. The zero-order chi connectivity index (χ0) is 15.7. The molecule has 0 atom stereocenters. The number of hydrogen-bond donors (Lipinski definition) is 1. The summed E-state index contributed by atoms with van der Waals surface area (Å²) in [6, 6.07) is 4.85. The van der Waals surface area contributed by atoms with E-state index in [-0.39, 0.29) is 12.3 Å². The Morgan fingerprint density at radius 3 is 2.67 bits per heavy atom. The maximum Gasteiger partial charge on any atom is 0.275 e. The van der Waals surface area contributed by atoms with E-state index in [0.29, 0.717) is 12.4 Å². The van der Waals surface area contributed by atoms with Crippen LogP contribution in [0.4, 0.5) is 11.4 Å². The van der Waals surface area contributed by atoms with Crippen molar-refractivity contribution in [1.82, 2.24) is 0 Å². The number of anilines is 1. The summed E-state index contributed by atoms with van der Waals surface area (Å²) in [5, 5.41) is 19.8. The fourth-order valence-electron chi connectivity index (χ4n) is 1.96. The highest BCUT2D eigenvalue weighted by Gasteiger charge is 2.13. The summed E-state index contributed by atoms with van der Waals surface area (Å²) in [6.07, 6.45) is 3.52. The first-order valence-electron chi connectivity index (χ1n) is 7.32. The molecule has 0 aliphatic rings. The summed E-state index contributed by atoms with van der Waals surface area (Å²) in [4.78, 5) is 12.6. The Bertz CT molecular complexity index is 451. The van der Waals surface area contributed by atoms with Gasteiger partial charge in [0, 0.05) is 38.0 Å². The van der Waals surface area contributed by atoms with Gasteiger partial charge in [0.1, 0.15) is 5.75 Å². The fourth-order valence-corrected chi connectivity index (χ4v) is 1.96. The molecule has 0 saturated heterocycles. The normalized spacial score (nSPS) is 10.4. The summed E-state index contributed by atoms with van der Waals surface area (Å²) >= 11 is 0. The third-order valence-electron chi connectivity index (χ3n) is 3.15. The average molecular weight is 296 g/mol. The molecule has 0 heterocycles. The van der Waals surface area contributed by atoms with Crippen molar-refractivity contribution in [2.24, 2.45) is 0 Å². The second kappa shape index (κ2) is 9.18. The Labute approximate surface area is 125 Å². The van der Waals surface area contributed by atoms with Crippen LogP contribution in [0.15, 0.2) is 18.2 Å². The van der Waals surface area contributed by atoms with Crippen LogP contribution in [0.5, 0.6) is 5.75 Å². The minimum absolute atomic E-state index is 0.0424. The highest BCUT2D eigenvalue weighted by molar-refractivity contribution is 5.57. The maximum atomic E-state index is 11.0. The van der Waals surface area contributed by atoms with E-state index in [1.54, 1.807) is 6.07 Å². The van der Waals surface area contributed by atoms with Crippen molar-refractivity contribution in [2.75, 3.05) is 31.7 Å². The largest absolute Gasteiger partial charge is 0.493 e. The van der Waals surface area contributed by atoms with E-state index in [0.717, 1.165) is 37.9 Å². The molecule has 0 saturated carbocycles. The number of ether oxygens (including phenoxy) is 1. The highest BCUT2D eigenvalue weighted by Crippen LogP contribution is 2.28. The topological polar surface area (TPSA) is 75.8 Å². The van der Waals surface area contributed by atoms with Gasteiger partial charge in [-0.2, -0.15) is 0 Å². The van der Waals surface area contributed by atoms with Crippen molar-refractivity contribution in [2.45, 2.75) is 32.6 Å².